The number of ether oxygens (including phenoxy) is 3. The van der Waals surface area contributed by atoms with Gasteiger partial charge in [-0.25, -0.2) is 4.79 Å². The van der Waals surface area contributed by atoms with Crippen molar-refractivity contribution in [2.24, 2.45) is 0 Å². The van der Waals surface area contributed by atoms with E-state index >= 15 is 0 Å². The molecule has 4 heteroatoms. The topological polar surface area (TPSA) is 44.8 Å². The van der Waals surface area contributed by atoms with Crippen molar-refractivity contribution in [3.8, 4) is 5.75 Å². The summed E-state index contributed by atoms with van der Waals surface area (Å²) < 4.78 is 15.7. The first-order chi connectivity index (χ1) is 9.06. The molecule has 1 rings (SSSR count). The van der Waals surface area contributed by atoms with Gasteiger partial charge in [0.25, 0.3) is 0 Å². The third-order valence-corrected chi connectivity index (χ3v) is 2.56. The predicted molar refractivity (Wildman–Crippen MR) is 73.3 cm³/mol. The summed E-state index contributed by atoms with van der Waals surface area (Å²) in [6.07, 6.45) is -0.0909. The highest BCUT2D eigenvalue weighted by Gasteiger charge is 2.21. The summed E-state index contributed by atoms with van der Waals surface area (Å²) in [5.74, 6) is 0.480. The van der Waals surface area contributed by atoms with Gasteiger partial charge in [-0.3, -0.25) is 0 Å². The van der Waals surface area contributed by atoms with E-state index in [-0.39, 0.29) is 12.1 Å². The molecule has 0 heterocycles. The van der Waals surface area contributed by atoms with Crippen LogP contribution in [-0.2, 0) is 20.7 Å². The van der Waals surface area contributed by atoms with Gasteiger partial charge in [-0.05, 0) is 38.5 Å². The van der Waals surface area contributed by atoms with E-state index in [0.29, 0.717) is 13.0 Å². The highest BCUT2D eigenvalue weighted by atomic mass is 16.6. The molecule has 1 atom stereocenters. The summed E-state index contributed by atoms with van der Waals surface area (Å²) in [4.78, 5) is 11.6. The summed E-state index contributed by atoms with van der Waals surface area (Å²) in [5, 5.41) is 0. The molecule has 1 unspecified atom stereocenters. The van der Waals surface area contributed by atoms with E-state index in [1.54, 1.807) is 0 Å². The van der Waals surface area contributed by atoms with E-state index in [1.807, 2.05) is 45.0 Å². The van der Waals surface area contributed by atoms with Crippen LogP contribution in [0.1, 0.15) is 26.3 Å². The fourth-order valence-corrected chi connectivity index (χ4v) is 1.75. The van der Waals surface area contributed by atoms with Crippen LogP contribution in [0, 0.1) is 0 Å². The van der Waals surface area contributed by atoms with Crippen molar-refractivity contribution in [1.82, 2.24) is 0 Å². The lowest BCUT2D eigenvalue weighted by atomic mass is 10.1. The lowest BCUT2D eigenvalue weighted by molar-refractivity contribution is -0.156. The van der Waals surface area contributed by atoms with Crippen LogP contribution < -0.4 is 4.74 Å². The maximum atomic E-state index is 11.6. The Bertz CT molecular complexity index is 384. The molecule has 0 amide bonds. The van der Waals surface area contributed by atoms with Gasteiger partial charge < -0.3 is 14.2 Å². The predicted octanol–water partition coefficient (Wildman–Crippen LogP) is 2.59. The number of rotatable bonds is 7. The van der Waals surface area contributed by atoms with E-state index in [2.05, 4.69) is 0 Å². The third-order valence-electron chi connectivity index (χ3n) is 2.56. The monoisotopic (exact) mass is 266 g/mol. The average molecular weight is 266 g/mol. The van der Waals surface area contributed by atoms with Gasteiger partial charge in [-0.2, -0.15) is 0 Å². The molecule has 0 radical (unpaired) electrons. The zero-order valence-corrected chi connectivity index (χ0v) is 12.0. The molecule has 1 aromatic carbocycles. The maximum absolute atomic E-state index is 11.6. The van der Waals surface area contributed by atoms with Crippen LogP contribution in [0.3, 0.4) is 0 Å². The quantitative estimate of drug-likeness (QED) is 0.712. The zero-order chi connectivity index (χ0) is 14.3. The lowest BCUT2D eigenvalue weighted by Crippen LogP contribution is -2.30. The number of carbonyl (C=O) groups is 1. The fourth-order valence-electron chi connectivity index (χ4n) is 1.75. The Labute approximate surface area is 114 Å². The van der Waals surface area contributed by atoms with Crippen molar-refractivity contribution in [2.45, 2.75) is 39.4 Å². The first-order valence-corrected chi connectivity index (χ1v) is 6.51. The molecular formula is C15H22O4. The van der Waals surface area contributed by atoms with Gasteiger partial charge in [0.15, 0.2) is 6.10 Å². The minimum atomic E-state index is -0.567. The molecule has 0 aliphatic carbocycles. The van der Waals surface area contributed by atoms with Gasteiger partial charge in [-0.1, -0.05) is 12.1 Å². The molecule has 0 bridgehead atoms. The smallest absolute Gasteiger partial charge is 0.335 e. The van der Waals surface area contributed by atoms with Gasteiger partial charge in [0.05, 0.1) is 19.8 Å². The SMILES string of the molecule is CCOc1ccc(CC(OC(C)C)C(=O)OC)cc1. The number of benzene rings is 1. The Balaban J connectivity index is 2.69. The minimum absolute atomic E-state index is 0.0215. The molecule has 0 saturated heterocycles. The first kappa shape index (κ1) is 15.5. The number of hydrogen-bond donors (Lipinski definition) is 0. The van der Waals surface area contributed by atoms with Crippen molar-refractivity contribution in [3.05, 3.63) is 29.8 Å². The van der Waals surface area contributed by atoms with Gasteiger partial charge in [0.1, 0.15) is 5.75 Å². The van der Waals surface area contributed by atoms with E-state index in [0.717, 1.165) is 11.3 Å². The summed E-state index contributed by atoms with van der Waals surface area (Å²) in [6.45, 7) is 6.38. The Morgan fingerprint density at radius 1 is 1.21 bits per heavy atom. The minimum Gasteiger partial charge on any atom is -0.494 e. The summed E-state index contributed by atoms with van der Waals surface area (Å²) in [7, 11) is 1.37. The van der Waals surface area contributed by atoms with Crippen LogP contribution in [-0.4, -0.2) is 31.9 Å². The van der Waals surface area contributed by atoms with Gasteiger partial charge >= 0.3 is 5.97 Å². The molecule has 0 saturated carbocycles. The molecule has 0 aromatic heterocycles. The van der Waals surface area contributed by atoms with Crippen molar-refractivity contribution < 1.29 is 19.0 Å². The molecule has 0 fully saturated rings. The molecule has 0 spiro atoms. The fraction of sp³-hybridized carbons (Fsp3) is 0.533. The first-order valence-electron chi connectivity index (χ1n) is 6.51. The van der Waals surface area contributed by atoms with Crippen LogP contribution in [0.4, 0.5) is 0 Å². The largest absolute Gasteiger partial charge is 0.494 e. The van der Waals surface area contributed by atoms with E-state index in [4.69, 9.17) is 14.2 Å². The average Bonchev–Trinajstić information content (AvgIpc) is 2.39. The number of hydrogen-bond acceptors (Lipinski definition) is 4. The van der Waals surface area contributed by atoms with Crippen LogP contribution in [0.15, 0.2) is 24.3 Å². The van der Waals surface area contributed by atoms with Gasteiger partial charge in [0.2, 0.25) is 0 Å². The normalized spacial score (nSPS) is 12.3. The van der Waals surface area contributed by atoms with Gasteiger partial charge in [0, 0.05) is 6.42 Å². The molecule has 106 valence electrons. The molecule has 0 aliphatic rings. The number of carbonyl (C=O) groups excluding carboxylic acids is 1. The highest BCUT2D eigenvalue weighted by Crippen LogP contribution is 2.15. The molecular weight excluding hydrogens is 244 g/mol. The molecule has 0 aliphatic heterocycles. The maximum Gasteiger partial charge on any atom is 0.335 e. The second kappa shape index (κ2) is 7.79. The Morgan fingerprint density at radius 3 is 2.32 bits per heavy atom. The van der Waals surface area contributed by atoms with Crippen molar-refractivity contribution >= 4 is 5.97 Å². The Kier molecular flexibility index (Phi) is 6.36. The second-order valence-corrected chi connectivity index (χ2v) is 4.48. The highest BCUT2D eigenvalue weighted by molar-refractivity contribution is 5.75. The summed E-state index contributed by atoms with van der Waals surface area (Å²) >= 11 is 0. The number of methoxy groups -OCH3 is 1. The Morgan fingerprint density at radius 2 is 1.84 bits per heavy atom. The molecule has 19 heavy (non-hydrogen) atoms. The zero-order valence-electron chi connectivity index (χ0n) is 12.0. The lowest BCUT2D eigenvalue weighted by Gasteiger charge is -2.18. The van der Waals surface area contributed by atoms with E-state index in [1.165, 1.54) is 7.11 Å². The second-order valence-electron chi connectivity index (χ2n) is 4.48. The van der Waals surface area contributed by atoms with E-state index < -0.39 is 6.10 Å². The molecule has 4 nitrogen and oxygen atoms in total. The summed E-state index contributed by atoms with van der Waals surface area (Å²) in [6, 6.07) is 7.65. The molecule has 1 aromatic rings. The van der Waals surface area contributed by atoms with Crippen molar-refractivity contribution in [1.29, 1.82) is 0 Å². The van der Waals surface area contributed by atoms with Crippen LogP contribution in [0.5, 0.6) is 5.75 Å². The van der Waals surface area contributed by atoms with Crippen LogP contribution in [0.25, 0.3) is 0 Å². The summed E-state index contributed by atoms with van der Waals surface area (Å²) in [5.41, 5.74) is 1.01. The third kappa shape index (κ3) is 5.30. The standard InChI is InChI=1S/C15H22O4/c1-5-18-13-8-6-12(7-9-13)10-14(15(16)17-4)19-11(2)3/h6-9,11,14H,5,10H2,1-4H3. The Hall–Kier alpha value is -1.55. The number of esters is 1. The van der Waals surface area contributed by atoms with Crippen LogP contribution in [0.2, 0.25) is 0 Å². The van der Waals surface area contributed by atoms with Crippen LogP contribution >= 0.6 is 0 Å². The van der Waals surface area contributed by atoms with Crippen molar-refractivity contribution in [2.75, 3.05) is 13.7 Å². The van der Waals surface area contributed by atoms with E-state index in [9.17, 15) is 4.79 Å². The molecule has 0 N–H and O–H groups in total. The van der Waals surface area contributed by atoms with Gasteiger partial charge in [-0.15, -0.1) is 0 Å². The van der Waals surface area contributed by atoms with Crippen molar-refractivity contribution in [3.63, 3.8) is 0 Å².